The Kier molecular flexibility index (Phi) is 3.96. The second kappa shape index (κ2) is 5.37. The maximum absolute atomic E-state index is 14.0. The summed E-state index contributed by atoms with van der Waals surface area (Å²) in [5.74, 6) is -0.333. The van der Waals surface area contributed by atoms with Gasteiger partial charge < -0.3 is 5.11 Å². The molecular formula is C18H21FO. The minimum atomic E-state index is -0.927. The number of hydrogen-bond donors (Lipinski definition) is 1. The lowest BCUT2D eigenvalue weighted by molar-refractivity contribution is 0.214. The molecule has 0 saturated heterocycles. The highest BCUT2D eigenvalue weighted by atomic mass is 19.1. The quantitative estimate of drug-likeness (QED) is 0.852. The molecule has 0 heterocycles. The molecule has 1 unspecified atom stereocenters. The summed E-state index contributed by atoms with van der Waals surface area (Å²) in [6, 6.07) is 12.8. The van der Waals surface area contributed by atoms with E-state index in [1.165, 1.54) is 5.56 Å². The molecule has 0 aromatic heterocycles. The molecule has 0 aliphatic carbocycles. The molecule has 0 fully saturated rings. The van der Waals surface area contributed by atoms with E-state index >= 15 is 0 Å². The van der Waals surface area contributed by atoms with Crippen LogP contribution >= 0.6 is 0 Å². The molecule has 0 aliphatic heterocycles. The smallest absolute Gasteiger partial charge is 0.132 e. The van der Waals surface area contributed by atoms with Gasteiger partial charge in [-0.15, -0.1) is 0 Å². The Balaban J connectivity index is 2.34. The van der Waals surface area contributed by atoms with E-state index in [2.05, 4.69) is 20.8 Å². The van der Waals surface area contributed by atoms with Crippen molar-refractivity contribution in [2.24, 2.45) is 0 Å². The summed E-state index contributed by atoms with van der Waals surface area (Å²) < 4.78 is 14.0. The number of benzene rings is 2. The Morgan fingerprint density at radius 1 is 1.00 bits per heavy atom. The molecule has 106 valence electrons. The maximum Gasteiger partial charge on any atom is 0.132 e. The van der Waals surface area contributed by atoms with E-state index in [-0.39, 0.29) is 11.2 Å². The van der Waals surface area contributed by atoms with Crippen molar-refractivity contribution in [3.8, 4) is 0 Å². The molecule has 1 nitrogen and oxygen atoms in total. The molecule has 1 N–H and O–H groups in total. The summed E-state index contributed by atoms with van der Waals surface area (Å²) >= 11 is 0. The first-order valence-electron chi connectivity index (χ1n) is 6.84. The molecule has 0 spiro atoms. The van der Waals surface area contributed by atoms with E-state index < -0.39 is 6.10 Å². The van der Waals surface area contributed by atoms with Crippen LogP contribution in [0, 0.1) is 12.7 Å². The topological polar surface area (TPSA) is 20.2 Å². The van der Waals surface area contributed by atoms with Gasteiger partial charge in [0.25, 0.3) is 0 Å². The largest absolute Gasteiger partial charge is 0.384 e. The molecule has 2 heteroatoms. The van der Waals surface area contributed by atoms with Gasteiger partial charge in [-0.25, -0.2) is 4.39 Å². The van der Waals surface area contributed by atoms with Crippen LogP contribution in [-0.2, 0) is 5.41 Å². The van der Waals surface area contributed by atoms with E-state index in [1.54, 1.807) is 25.1 Å². The normalized spacial score (nSPS) is 13.3. The van der Waals surface area contributed by atoms with Crippen LogP contribution in [0.15, 0.2) is 42.5 Å². The first-order valence-corrected chi connectivity index (χ1v) is 6.84. The maximum atomic E-state index is 14.0. The lowest BCUT2D eigenvalue weighted by Crippen LogP contribution is -2.11. The molecule has 0 saturated carbocycles. The monoisotopic (exact) mass is 272 g/mol. The van der Waals surface area contributed by atoms with Crippen molar-refractivity contribution in [3.05, 3.63) is 70.5 Å². The number of aliphatic hydroxyl groups is 1. The van der Waals surface area contributed by atoms with E-state index in [0.717, 1.165) is 0 Å². The SMILES string of the molecule is Cc1cccc(C(O)c2ccc(C(C)(C)C)cc2)c1F. The van der Waals surface area contributed by atoms with Crippen LogP contribution in [-0.4, -0.2) is 5.11 Å². The Hall–Kier alpha value is -1.67. The van der Waals surface area contributed by atoms with Gasteiger partial charge in [-0.1, -0.05) is 63.2 Å². The zero-order valence-electron chi connectivity index (χ0n) is 12.4. The third-order valence-corrected chi connectivity index (χ3v) is 3.61. The number of aliphatic hydroxyl groups excluding tert-OH is 1. The van der Waals surface area contributed by atoms with E-state index in [1.807, 2.05) is 24.3 Å². The summed E-state index contributed by atoms with van der Waals surface area (Å²) in [6.45, 7) is 8.12. The van der Waals surface area contributed by atoms with Crippen LogP contribution in [0.1, 0.15) is 49.1 Å². The minimum Gasteiger partial charge on any atom is -0.384 e. The van der Waals surface area contributed by atoms with Crippen molar-refractivity contribution in [2.75, 3.05) is 0 Å². The summed E-state index contributed by atoms with van der Waals surface area (Å²) in [4.78, 5) is 0. The van der Waals surface area contributed by atoms with Gasteiger partial charge >= 0.3 is 0 Å². The highest BCUT2D eigenvalue weighted by Crippen LogP contribution is 2.28. The number of halogens is 1. The van der Waals surface area contributed by atoms with Crippen molar-refractivity contribution in [1.82, 2.24) is 0 Å². The standard InChI is InChI=1S/C18H21FO/c1-12-6-5-7-15(16(12)19)17(20)13-8-10-14(11-9-13)18(2,3)4/h5-11,17,20H,1-4H3. The van der Waals surface area contributed by atoms with Crippen LogP contribution in [0.5, 0.6) is 0 Å². The number of aryl methyl sites for hydroxylation is 1. The zero-order chi connectivity index (χ0) is 14.9. The summed E-state index contributed by atoms with van der Waals surface area (Å²) in [6.07, 6.45) is -0.927. The van der Waals surface area contributed by atoms with Gasteiger partial charge in [0.15, 0.2) is 0 Å². The third-order valence-electron chi connectivity index (χ3n) is 3.61. The first-order chi connectivity index (χ1) is 9.30. The molecular weight excluding hydrogens is 251 g/mol. The average molecular weight is 272 g/mol. The van der Waals surface area contributed by atoms with Crippen LogP contribution < -0.4 is 0 Å². The molecule has 0 amide bonds. The Bertz CT molecular complexity index is 594. The molecule has 20 heavy (non-hydrogen) atoms. The minimum absolute atomic E-state index is 0.0675. The fraction of sp³-hybridized carbons (Fsp3) is 0.333. The van der Waals surface area contributed by atoms with Crippen molar-refractivity contribution in [1.29, 1.82) is 0 Å². The fourth-order valence-electron chi connectivity index (χ4n) is 2.23. The Labute approximate surface area is 120 Å². The van der Waals surface area contributed by atoms with Crippen molar-refractivity contribution < 1.29 is 9.50 Å². The average Bonchev–Trinajstić information content (AvgIpc) is 2.40. The lowest BCUT2D eigenvalue weighted by Gasteiger charge is -2.20. The molecule has 0 bridgehead atoms. The molecule has 0 radical (unpaired) electrons. The third kappa shape index (κ3) is 2.91. The Morgan fingerprint density at radius 2 is 1.60 bits per heavy atom. The lowest BCUT2D eigenvalue weighted by atomic mass is 9.86. The van der Waals surface area contributed by atoms with Gasteiger partial charge in [-0.05, 0) is 29.0 Å². The highest BCUT2D eigenvalue weighted by Gasteiger charge is 2.18. The molecule has 2 aromatic carbocycles. The Morgan fingerprint density at radius 3 is 2.15 bits per heavy atom. The molecule has 1 atom stereocenters. The first kappa shape index (κ1) is 14.7. The predicted octanol–water partition coefficient (Wildman–Crippen LogP) is 4.51. The van der Waals surface area contributed by atoms with Gasteiger partial charge in [0.2, 0.25) is 0 Å². The van der Waals surface area contributed by atoms with E-state index in [0.29, 0.717) is 16.7 Å². The second-order valence-electron chi connectivity index (χ2n) is 6.25. The summed E-state index contributed by atoms with van der Waals surface area (Å²) in [7, 11) is 0. The van der Waals surface area contributed by atoms with Crippen LogP contribution in [0.2, 0.25) is 0 Å². The van der Waals surface area contributed by atoms with Gasteiger partial charge in [0.1, 0.15) is 11.9 Å². The highest BCUT2D eigenvalue weighted by molar-refractivity contribution is 5.36. The molecule has 2 rings (SSSR count). The van der Waals surface area contributed by atoms with Crippen molar-refractivity contribution >= 4 is 0 Å². The van der Waals surface area contributed by atoms with E-state index in [4.69, 9.17) is 0 Å². The molecule has 0 aliphatic rings. The van der Waals surface area contributed by atoms with Gasteiger partial charge in [0, 0.05) is 5.56 Å². The summed E-state index contributed by atoms with van der Waals surface area (Å²) in [5, 5.41) is 10.4. The van der Waals surface area contributed by atoms with Crippen molar-refractivity contribution in [2.45, 2.75) is 39.2 Å². The van der Waals surface area contributed by atoms with Gasteiger partial charge in [-0.3, -0.25) is 0 Å². The predicted molar refractivity (Wildman–Crippen MR) is 80.3 cm³/mol. The van der Waals surface area contributed by atoms with Crippen molar-refractivity contribution in [3.63, 3.8) is 0 Å². The molecule has 2 aromatic rings. The van der Waals surface area contributed by atoms with Crippen LogP contribution in [0.25, 0.3) is 0 Å². The number of hydrogen-bond acceptors (Lipinski definition) is 1. The van der Waals surface area contributed by atoms with Gasteiger partial charge in [-0.2, -0.15) is 0 Å². The zero-order valence-corrected chi connectivity index (χ0v) is 12.4. The van der Waals surface area contributed by atoms with E-state index in [9.17, 15) is 9.50 Å². The van der Waals surface area contributed by atoms with Crippen LogP contribution in [0.4, 0.5) is 4.39 Å². The number of rotatable bonds is 2. The fourth-order valence-corrected chi connectivity index (χ4v) is 2.23. The second-order valence-corrected chi connectivity index (χ2v) is 6.25. The summed E-state index contributed by atoms with van der Waals surface area (Å²) in [5.41, 5.74) is 2.85. The van der Waals surface area contributed by atoms with Crippen LogP contribution in [0.3, 0.4) is 0 Å². The van der Waals surface area contributed by atoms with Gasteiger partial charge in [0.05, 0.1) is 0 Å².